The lowest BCUT2D eigenvalue weighted by atomic mass is 10.2. The molecule has 0 aromatic heterocycles. The van der Waals surface area contributed by atoms with E-state index < -0.39 is 11.7 Å². The van der Waals surface area contributed by atoms with Crippen LogP contribution in [0.1, 0.15) is 15.9 Å². The predicted molar refractivity (Wildman–Crippen MR) is 113 cm³/mol. The number of carbonyl (C=O) groups is 2. The molecule has 3 rings (SSSR count). The summed E-state index contributed by atoms with van der Waals surface area (Å²) in [5, 5.41) is 6.96. The van der Waals surface area contributed by atoms with Crippen molar-refractivity contribution in [3.8, 4) is 5.75 Å². The Labute approximate surface area is 177 Å². The van der Waals surface area contributed by atoms with Crippen LogP contribution in [0.2, 0.25) is 5.02 Å². The fourth-order valence-electron chi connectivity index (χ4n) is 2.44. The Morgan fingerprint density at radius 3 is 2.50 bits per heavy atom. The van der Waals surface area contributed by atoms with Crippen molar-refractivity contribution in [1.29, 1.82) is 0 Å². The number of carbonyl (C=O) groups excluding carboxylic acids is 2. The van der Waals surface area contributed by atoms with Crippen molar-refractivity contribution in [2.24, 2.45) is 5.10 Å². The summed E-state index contributed by atoms with van der Waals surface area (Å²) in [5.74, 6) is -0.827. The third-order valence-corrected chi connectivity index (χ3v) is 4.10. The zero-order valence-electron chi connectivity index (χ0n) is 15.6. The molecule has 0 spiro atoms. The van der Waals surface area contributed by atoms with E-state index in [1.54, 1.807) is 42.5 Å². The maximum atomic E-state index is 12.9. The lowest BCUT2D eigenvalue weighted by molar-refractivity contribution is -0.118. The monoisotopic (exact) mass is 425 g/mol. The molecule has 3 aromatic carbocycles. The van der Waals surface area contributed by atoms with Crippen LogP contribution in [0.15, 0.2) is 77.9 Å². The van der Waals surface area contributed by atoms with Crippen molar-refractivity contribution in [3.05, 3.63) is 94.8 Å². The molecule has 0 aliphatic rings. The first-order valence-corrected chi connectivity index (χ1v) is 9.25. The first kappa shape index (κ1) is 21.0. The van der Waals surface area contributed by atoms with Crippen molar-refractivity contribution in [2.75, 3.05) is 11.9 Å². The first-order chi connectivity index (χ1) is 14.5. The van der Waals surface area contributed by atoms with Crippen molar-refractivity contribution in [2.45, 2.75) is 0 Å². The van der Waals surface area contributed by atoms with Crippen LogP contribution in [0.5, 0.6) is 5.75 Å². The van der Waals surface area contributed by atoms with Gasteiger partial charge in [-0.15, -0.1) is 0 Å². The molecule has 0 saturated carbocycles. The Morgan fingerprint density at radius 2 is 1.77 bits per heavy atom. The van der Waals surface area contributed by atoms with Gasteiger partial charge in [0.2, 0.25) is 0 Å². The number of ether oxygens (including phenoxy) is 1. The van der Waals surface area contributed by atoms with Crippen molar-refractivity contribution < 1.29 is 18.7 Å². The van der Waals surface area contributed by atoms with Gasteiger partial charge in [-0.1, -0.05) is 29.8 Å². The highest BCUT2D eigenvalue weighted by Gasteiger charge is 2.08. The highest BCUT2D eigenvalue weighted by Crippen LogP contribution is 2.21. The summed E-state index contributed by atoms with van der Waals surface area (Å²) in [6.45, 7) is -0.282. The molecule has 0 bridgehead atoms. The number of nitrogens with zero attached hydrogens (tertiary/aromatic N) is 1. The molecule has 2 N–H and O–H groups in total. The number of hydrazone groups is 1. The molecule has 0 aliphatic heterocycles. The zero-order valence-corrected chi connectivity index (χ0v) is 16.4. The minimum atomic E-state index is -0.420. The van der Waals surface area contributed by atoms with E-state index in [1.165, 1.54) is 30.5 Å². The maximum absolute atomic E-state index is 12.9. The van der Waals surface area contributed by atoms with Gasteiger partial charge in [0.05, 0.1) is 6.21 Å². The topological polar surface area (TPSA) is 79.8 Å². The van der Waals surface area contributed by atoms with Gasteiger partial charge in [-0.2, -0.15) is 5.10 Å². The molecule has 30 heavy (non-hydrogen) atoms. The Morgan fingerprint density at radius 1 is 1.03 bits per heavy atom. The van der Waals surface area contributed by atoms with Crippen LogP contribution in [-0.2, 0) is 4.79 Å². The van der Waals surface area contributed by atoms with Crippen molar-refractivity contribution in [1.82, 2.24) is 5.43 Å². The van der Waals surface area contributed by atoms with Crippen molar-refractivity contribution >= 4 is 35.3 Å². The van der Waals surface area contributed by atoms with Gasteiger partial charge in [0.25, 0.3) is 11.8 Å². The van der Waals surface area contributed by atoms with Crippen LogP contribution in [0.25, 0.3) is 0 Å². The van der Waals surface area contributed by atoms with Gasteiger partial charge in [-0.3, -0.25) is 9.59 Å². The maximum Gasteiger partial charge on any atom is 0.271 e. The number of benzene rings is 3. The highest BCUT2D eigenvalue weighted by atomic mass is 35.5. The van der Waals surface area contributed by atoms with Gasteiger partial charge in [0.15, 0.2) is 6.61 Å². The fourth-order valence-corrected chi connectivity index (χ4v) is 2.62. The van der Waals surface area contributed by atoms with E-state index in [0.717, 1.165) is 0 Å². The molecule has 6 nitrogen and oxygen atoms in total. The molecule has 8 heteroatoms. The predicted octanol–water partition coefficient (Wildman–Crippen LogP) is 4.26. The smallest absolute Gasteiger partial charge is 0.271 e. The molecular weight excluding hydrogens is 409 g/mol. The molecule has 0 unspecified atom stereocenters. The summed E-state index contributed by atoms with van der Waals surface area (Å²) in [5.41, 5.74) is 3.81. The molecule has 152 valence electrons. The molecule has 0 aliphatic carbocycles. The second-order valence-corrected chi connectivity index (χ2v) is 6.53. The minimum Gasteiger partial charge on any atom is -0.483 e. The van der Waals surface area contributed by atoms with E-state index in [9.17, 15) is 14.0 Å². The molecule has 3 aromatic rings. The van der Waals surface area contributed by atoms with Crippen molar-refractivity contribution in [3.63, 3.8) is 0 Å². The number of rotatable bonds is 7. The van der Waals surface area contributed by atoms with E-state index >= 15 is 0 Å². The molecule has 0 atom stereocenters. The lowest BCUT2D eigenvalue weighted by Gasteiger charge is -2.10. The molecule has 0 radical (unpaired) electrons. The lowest BCUT2D eigenvalue weighted by Crippen LogP contribution is -2.20. The quantitative estimate of drug-likeness (QED) is 0.438. The van der Waals surface area contributed by atoms with Crippen LogP contribution >= 0.6 is 11.6 Å². The Bertz CT molecular complexity index is 1060. The zero-order chi connectivity index (χ0) is 21.3. The van der Waals surface area contributed by atoms with E-state index in [4.69, 9.17) is 16.3 Å². The summed E-state index contributed by atoms with van der Waals surface area (Å²) in [4.78, 5) is 24.1. The number of hydrogen-bond acceptors (Lipinski definition) is 4. The first-order valence-electron chi connectivity index (χ1n) is 8.87. The number of anilines is 1. The standard InChI is InChI=1S/C22H17ClFN3O3/c23-17-6-11-20(30-14-21(28)26-19-9-7-18(24)8-10-19)16(12-17)13-25-27-22(29)15-4-2-1-3-5-15/h1-13H,14H2,(H,26,28)(H,27,29)/b25-13+. The van der Waals surface area contributed by atoms with Crippen LogP contribution in [-0.4, -0.2) is 24.6 Å². The molecule has 2 amide bonds. The highest BCUT2D eigenvalue weighted by molar-refractivity contribution is 6.30. The van der Waals surface area contributed by atoms with E-state index in [-0.39, 0.29) is 12.5 Å². The van der Waals surface area contributed by atoms with E-state index in [2.05, 4.69) is 15.8 Å². The largest absolute Gasteiger partial charge is 0.483 e. The summed E-state index contributed by atoms with van der Waals surface area (Å²) in [7, 11) is 0. The summed E-state index contributed by atoms with van der Waals surface area (Å²) >= 11 is 6.02. The summed E-state index contributed by atoms with van der Waals surface area (Å²) < 4.78 is 18.5. The average Bonchev–Trinajstić information content (AvgIpc) is 2.75. The Balaban J connectivity index is 1.61. The van der Waals surface area contributed by atoms with E-state index in [1.807, 2.05) is 6.07 Å². The van der Waals surface area contributed by atoms with Crippen LogP contribution in [0.3, 0.4) is 0 Å². The van der Waals surface area contributed by atoms with Crippen LogP contribution in [0.4, 0.5) is 10.1 Å². The van der Waals surface area contributed by atoms with E-state index in [0.29, 0.717) is 27.6 Å². The summed E-state index contributed by atoms with van der Waals surface area (Å²) in [6.07, 6.45) is 1.37. The molecule has 0 saturated heterocycles. The van der Waals surface area contributed by atoms with Gasteiger partial charge < -0.3 is 10.1 Å². The van der Waals surface area contributed by atoms with Gasteiger partial charge in [-0.25, -0.2) is 9.82 Å². The molecule has 0 fully saturated rings. The molecule has 0 heterocycles. The Hall–Kier alpha value is -3.71. The normalized spacial score (nSPS) is 10.6. The SMILES string of the molecule is O=C(COc1ccc(Cl)cc1/C=N/NC(=O)c1ccccc1)Nc1ccc(F)cc1. The average molecular weight is 426 g/mol. The third kappa shape index (κ3) is 6.15. The summed E-state index contributed by atoms with van der Waals surface area (Å²) in [6, 6.07) is 18.8. The Kier molecular flexibility index (Phi) is 7.13. The van der Waals surface area contributed by atoms with Crippen LogP contribution < -0.4 is 15.5 Å². The second-order valence-electron chi connectivity index (χ2n) is 6.09. The third-order valence-electron chi connectivity index (χ3n) is 3.86. The van der Waals surface area contributed by atoms with Gasteiger partial charge in [0.1, 0.15) is 11.6 Å². The fraction of sp³-hybridized carbons (Fsp3) is 0.0455. The van der Waals surface area contributed by atoms with Gasteiger partial charge in [0, 0.05) is 21.8 Å². The number of hydrogen-bond donors (Lipinski definition) is 2. The minimum absolute atomic E-state index is 0.282. The number of halogens is 2. The van der Waals surface area contributed by atoms with Gasteiger partial charge >= 0.3 is 0 Å². The number of amides is 2. The van der Waals surface area contributed by atoms with Crippen LogP contribution in [0, 0.1) is 5.82 Å². The van der Waals surface area contributed by atoms with Gasteiger partial charge in [-0.05, 0) is 54.6 Å². The molecular formula is C22H17ClFN3O3. The second kappa shape index (κ2) is 10.2. The number of nitrogens with one attached hydrogen (secondary N) is 2.